The normalized spacial score (nSPS) is 19.5. The lowest BCUT2D eigenvalue weighted by atomic mass is 9.82. The van der Waals surface area contributed by atoms with Crippen LogP contribution in [0.2, 0.25) is 0 Å². The molecule has 10 nitrogen and oxygen atoms in total. The molecule has 2 heterocycles. The fraction of sp³-hybridized carbons (Fsp3) is 0.778. The number of nitrogens with one attached hydrogen (secondary N) is 1. The maximum Gasteiger partial charge on any atom is 0.498 e. The van der Waals surface area contributed by atoms with Crippen LogP contribution in [0.3, 0.4) is 0 Å². The lowest BCUT2D eigenvalue weighted by molar-refractivity contribution is 0.00578. The fourth-order valence-corrected chi connectivity index (χ4v) is 3.30. The summed E-state index contributed by atoms with van der Waals surface area (Å²) in [5.41, 5.74) is -0.943. The van der Waals surface area contributed by atoms with E-state index in [9.17, 15) is 13.2 Å². The van der Waals surface area contributed by atoms with Gasteiger partial charge in [0.2, 0.25) is 0 Å². The zero-order valence-corrected chi connectivity index (χ0v) is 19.7. The molecule has 1 aliphatic rings. The molecule has 1 N–H and O–H groups in total. The summed E-state index contributed by atoms with van der Waals surface area (Å²) in [6.45, 7) is 13.0. The van der Waals surface area contributed by atoms with E-state index in [1.54, 1.807) is 33.2 Å². The van der Waals surface area contributed by atoms with Crippen LogP contribution < -0.4 is 10.8 Å². The minimum atomic E-state index is -3.75. The van der Waals surface area contributed by atoms with Crippen LogP contribution in [0.4, 0.5) is 4.79 Å². The first-order valence-electron chi connectivity index (χ1n) is 9.70. The van der Waals surface area contributed by atoms with Gasteiger partial charge in [-0.25, -0.2) is 4.79 Å². The summed E-state index contributed by atoms with van der Waals surface area (Å²) >= 11 is 0. The molecule has 12 heteroatoms. The maximum atomic E-state index is 11.9. The number of amides is 1. The lowest BCUT2D eigenvalue weighted by Gasteiger charge is -2.32. The summed E-state index contributed by atoms with van der Waals surface area (Å²) in [4.78, 5) is 11.9. The summed E-state index contributed by atoms with van der Waals surface area (Å²) in [6, 6.07) is 0. The van der Waals surface area contributed by atoms with Crippen molar-refractivity contribution < 1.29 is 31.4 Å². The molecule has 1 aromatic rings. The average Bonchev–Trinajstić information content (AvgIpc) is 3.04. The number of rotatable bonds is 7. The van der Waals surface area contributed by atoms with Gasteiger partial charge in [-0.3, -0.25) is 8.86 Å². The van der Waals surface area contributed by atoms with E-state index >= 15 is 0 Å². The van der Waals surface area contributed by atoms with Gasteiger partial charge in [0.25, 0.3) is 10.1 Å². The average molecular weight is 445 g/mol. The smallest absolute Gasteiger partial charge is 0.444 e. The Kier molecular flexibility index (Phi) is 6.97. The van der Waals surface area contributed by atoms with Crippen molar-refractivity contribution in [2.45, 2.75) is 77.9 Å². The zero-order valence-electron chi connectivity index (χ0n) is 18.9. The van der Waals surface area contributed by atoms with Crippen LogP contribution in [0.5, 0.6) is 0 Å². The van der Waals surface area contributed by atoms with Gasteiger partial charge >= 0.3 is 13.2 Å². The van der Waals surface area contributed by atoms with Crippen LogP contribution in [-0.4, -0.2) is 67.1 Å². The summed E-state index contributed by atoms with van der Waals surface area (Å²) in [7, 11) is -4.33. The molecule has 1 fully saturated rings. The Balaban J connectivity index is 2.05. The lowest BCUT2D eigenvalue weighted by Crippen LogP contribution is -2.41. The molecule has 2 rings (SSSR count). The number of carbonyl (C=O) groups excluding carboxylic acids is 1. The first-order chi connectivity index (χ1) is 13.5. The van der Waals surface area contributed by atoms with Crippen LogP contribution in [0.15, 0.2) is 12.4 Å². The van der Waals surface area contributed by atoms with Crippen LogP contribution in [-0.2, 0) is 34.9 Å². The molecule has 0 saturated carbocycles. The van der Waals surface area contributed by atoms with Gasteiger partial charge in [0.1, 0.15) is 11.7 Å². The Bertz CT molecular complexity index is 845. The van der Waals surface area contributed by atoms with Crippen LogP contribution in [0, 0.1) is 0 Å². The van der Waals surface area contributed by atoms with E-state index in [1.165, 1.54) is 4.68 Å². The largest absolute Gasteiger partial charge is 0.498 e. The van der Waals surface area contributed by atoms with Crippen LogP contribution in [0.1, 0.15) is 48.5 Å². The molecular weight excluding hydrogens is 413 g/mol. The number of alkyl carbamates (subject to hydrolysis) is 1. The standard InChI is InChI=1S/C18H32BN3O7S/c1-16(2,3)26-15(23)20-10-14(27-30(8,24)25)12-22-11-13(9-21-22)19-28-17(4,5)18(6,7)29-19/h9,11,14H,10,12H2,1-8H3,(H,20,23). The predicted molar refractivity (Wildman–Crippen MR) is 112 cm³/mol. The summed E-state index contributed by atoms with van der Waals surface area (Å²) in [5.74, 6) is 0. The molecule has 0 spiro atoms. The van der Waals surface area contributed by atoms with Crippen molar-refractivity contribution in [3.05, 3.63) is 12.4 Å². The van der Waals surface area contributed by atoms with Crippen molar-refractivity contribution in [1.29, 1.82) is 0 Å². The molecule has 1 amide bonds. The van der Waals surface area contributed by atoms with Crippen molar-refractivity contribution in [2.24, 2.45) is 0 Å². The molecule has 1 aromatic heterocycles. The van der Waals surface area contributed by atoms with E-state index in [2.05, 4.69) is 10.4 Å². The molecule has 0 radical (unpaired) electrons. The third-order valence-electron chi connectivity index (χ3n) is 4.75. The van der Waals surface area contributed by atoms with Gasteiger partial charge in [0.15, 0.2) is 0 Å². The number of carbonyl (C=O) groups is 1. The number of nitrogens with zero attached hydrogens (tertiary/aromatic N) is 2. The zero-order chi connectivity index (χ0) is 23.0. The third kappa shape index (κ3) is 6.97. The molecule has 170 valence electrons. The van der Waals surface area contributed by atoms with E-state index in [0.717, 1.165) is 6.26 Å². The van der Waals surface area contributed by atoms with Crippen molar-refractivity contribution in [3.63, 3.8) is 0 Å². The predicted octanol–water partition coefficient (Wildman–Crippen LogP) is 1.05. The first kappa shape index (κ1) is 24.6. The number of hydrogen-bond acceptors (Lipinski definition) is 8. The summed E-state index contributed by atoms with van der Waals surface area (Å²) in [5, 5.41) is 6.77. The van der Waals surface area contributed by atoms with Gasteiger partial charge in [-0.05, 0) is 48.5 Å². The van der Waals surface area contributed by atoms with Crippen molar-refractivity contribution >= 4 is 28.8 Å². The highest BCUT2D eigenvalue weighted by Gasteiger charge is 2.52. The fourth-order valence-electron chi connectivity index (χ4n) is 2.68. The molecule has 0 aliphatic carbocycles. The van der Waals surface area contributed by atoms with Gasteiger partial charge in [-0.1, -0.05) is 0 Å². The van der Waals surface area contributed by atoms with E-state index in [0.29, 0.717) is 5.46 Å². The molecule has 0 bridgehead atoms. The topological polar surface area (TPSA) is 118 Å². The second-order valence-corrected chi connectivity index (χ2v) is 11.0. The maximum absolute atomic E-state index is 11.9. The quantitative estimate of drug-likeness (QED) is 0.489. The number of hydrogen-bond donors (Lipinski definition) is 1. The highest BCUT2D eigenvalue weighted by atomic mass is 32.2. The van der Waals surface area contributed by atoms with Crippen LogP contribution >= 0.6 is 0 Å². The highest BCUT2D eigenvalue weighted by molar-refractivity contribution is 7.86. The second-order valence-electron chi connectivity index (χ2n) is 9.39. The van der Waals surface area contributed by atoms with Gasteiger partial charge < -0.3 is 19.4 Å². The molecule has 1 atom stereocenters. The summed E-state index contributed by atoms with van der Waals surface area (Å²) < 4.78 is 47.0. The molecule has 1 unspecified atom stereocenters. The molecule has 0 aromatic carbocycles. The Morgan fingerprint density at radius 2 is 1.83 bits per heavy atom. The van der Waals surface area contributed by atoms with Gasteiger partial charge in [-0.15, -0.1) is 0 Å². The van der Waals surface area contributed by atoms with E-state index in [-0.39, 0.29) is 13.1 Å². The van der Waals surface area contributed by atoms with Gasteiger partial charge in [0, 0.05) is 17.9 Å². The van der Waals surface area contributed by atoms with Crippen molar-refractivity contribution in [3.8, 4) is 0 Å². The van der Waals surface area contributed by atoms with E-state index in [1.807, 2.05) is 27.7 Å². The highest BCUT2D eigenvalue weighted by Crippen LogP contribution is 2.36. The Labute approximate surface area is 178 Å². The first-order valence-corrected chi connectivity index (χ1v) is 11.5. The monoisotopic (exact) mass is 445 g/mol. The number of aromatic nitrogens is 2. The minimum absolute atomic E-state index is 0.0757. The van der Waals surface area contributed by atoms with Crippen molar-refractivity contribution in [2.75, 3.05) is 12.8 Å². The van der Waals surface area contributed by atoms with Gasteiger partial charge in [0.05, 0.1) is 30.5 Å². The van der Waals surface area contributed by atoms with Crippen LogP contribution in [0.25, 0.3) is 0 Å². The minimum Gasteiger partial charge on any atom is -0.444 e. The second kappa shape index (κ2) is 8.48. The Hall–Kier alpha value is -1.63. The SMILES string of the molecule is CC(C)(C)OC(=O)NCC(Cn1cc(B2OC(C)(C)C(C)(C)O2)cn1)OS(C)(=O)=O. The Morgan fingerprint density at radius 3 is 2.33 bits per heavy atom. The van der Waals surface area contributed by atoms with Gasteiger partial charge in [-0.2, -0.15) is 13.5 Å². The molecule has 30 heavy (non-hydrogen) atoms. The number of ether oxygens (including phenoxy) is 1. The third-order valence-corrected chi connectivity index (χ3v) is 5.37. The molecule has 1 saturated heterocycles. The molecule has 1 aliphatic heterocycles. The van der Waals surface area contributed by atoms with E-state index < -0.39 is 46.2 Å². The summed E-state index contributed by atoms with van der Waals surface area (Å²) in [6.07, 6.45) is 2.71. The van der Waals surface area contributed by atoms with Crippen molar-refractivity contribution in [1.82, 2.24) is 15.1 Å². The molecular formula is C18H32BN3O7S. The Morgan fingerprint density at radius 1 is 1.27 bits per heavy atom. The van der Waals surface area contributed by atoms with E-state index in [4.69, 9.17) is 18.2 Å².